The Hall–Kier alpha value is -2.63. The van der Waals surface area contributed by atoms with Gasteiger partial charge in [-0.1, -0.05) is 12.1 Å². The molecule has 0 aliphatic carbocycles. The molecule has 0 saturated heterocycles. The van der Waals surface area contributed by atoms with Crippen molar-refractivity contribution in [1.29, 1.82) is 0 Å². The van der Waals surface area contributed by atoms with Crippen LogP contribution >= 0.6 is 0 Å². The molecule has 6 heteroatoms. The van der Waals surface area contributed by atoms with Crippen molar-refractivity contribution in [1.82, 2.24) is 9.55 Å². The fourth-order valence-corrected chi connectivity index (χ4v) is 1.65. The summed E-state index contributed by atoms with van der Waals surface area (Å²) < 4.78 is 6.55. The molecule has 0 bridgehead atoms. The van der Waals surface area contributed by atoms with E-state index < -0.39 is 4.92 Å². The molecule has 6 nitrogen and oxygen atoms in total. The lowest BCUT2D eigenvalue weighted by Crippen LogP contribution is -1.98. The Balaban J connectivity index is 2.25. The van der Waals surface area contributed by atoms with E-state index in [0.29, 0.717) is 5.82 Å². The predicted molar refractivity (Wildman–Crippen MR) is 71.8 cm³/mol. The monoisotopic (exact) mass is 259 g/mol. The summed E-state index contributed by atoms with van der Waals surface area (Å²) in [7, 11) is 3.21. The van der Waals surface area contributed by atoms with Gasteiger partial charge in [0.2, 0.25) is 5.82 Å². The molecule has 0 N–H and O–H groups in total. The van der Waals surface area contributed by atoms with Crippen LogP contribution in [0.5, 0.6) is 5.75 Å². The second-order valence-corrected chi connectivity index (χ2v) is 3.90. The number of rotatable bonds is 4. The summed E-state index contributed by atoms with van der Waals surface area (Å²) in [5.74, 6) is 1.24. The third-order valence-electron chi connectivity index (χ3n) is 2.71. The van der Waals surface area contributed by atoms with Gasteiger partial charge in [0.05, 0.1) is 14.2 Å². The molecule has 98 valence electrons. The third-order valence-corrected chi connectivity index (χ3v) is 2.71. The topological polar surface area (TPSA) is 70.2 Å². The molecule has 1 aromatic carbocycles. The Morgan fingerprint density at radius 1 is 1.42 bits per heavy atom. The van der Waals surface area contributed by atoms with Crippen molar-refractivity contribution in [3.8, 4) is 5.75 Å². The van der Waals surface area contributed by atoms with Gasteiger partial charge in [0.25, 0.3) is 0 Å². The maximum atomic E-state index is 10.7. The van der Waals surface area contributed by atoms with Crippen LogP contribution in [0.15, 0.2) is 30.5 Å². The largest absolute Gasteiger partial charge is 0.497 e. The van der Waals surface area contributed by atoms with Crippen molar-refractivity contribution >= 4 is 18.0 Å². The highest BCUT2D eigenvalue weighted by Crippen LogP contribution is 2.17. The van der Waals surface area contributed by atoms with Gasteiger partial charge < -0.3 is 14.9 Å². The van der Waals surface area contributed by atoms with E-state index >= 15 is 0 Å². The van der Waals surface area contributed by atoms with Gasteiger partial charge >= 0.3 is 5.82 Å². The standard InChI is InChI=1S/C13H13N3O3/c1-15-12(14-9-13(15)16(17)18)7-6-10-4-3-5-11(8-10)19-2/h3-9H,1-2H3. The highest BCUT2D eigenvalue weighted by atomic mass is 16.6. The molecule has 0 unspecified atom stereocenters. The number of methoxy groups -OCH3 is 1. The van der Waals surface area contributed by atoms with E-state index in [0.717, 1.165) is 11.3 Å². The molecule has 0 saturated carbocycles. The molecule has 0 aliphatic heterocycles. The Morgan fingerprint density at radius 2 is 2.21 bits per heavy atom. The molecule has 0 aliphatic rings. The van der Waals surface area contributed by atoms with E-state index in [1.165, 1.54) is 10.8 Å². The number of ether oxygens (including phenoxy) is 1. The fraction of sp³-hybridized carbons (Fsp3) is 0.154. The van der Waals surface area contributed by atoms with Gasteiger partial charge in [0, 0.05) is 6.08 Å². The molecular formula is C13H13N3O3. The minimum Gasteiger partial charge on any atom is -0.497 e. The van der Waals surface area contributed by atoms with Gasteiger partial charge in [-0.25, -0.2) is 9.55 Å². The molecule has 19 heavy (non-hydrogen) atoms. The number of hydrogen-bond donors (Lipinski definition) is 0. The van der Waals surface area contributed by atoms with Gasteiger partial charge in [-0.05, 0) is 28.7 Å². The highest BCUT2D eigenvalue weighted by Gasteiger charge is 2.13. The lowest BCUT2D eigenvalue weighted by atomic mass is 10.2. The minimum absolute atomic E-state index is 0.0368. The number of benzene rings is 1. The van der Waals surface area contributed by atoms with E-state index in [-0.39, 0.29) is 5.82 Å². The van der Waals surface area contributed by atoms with E-state index in [1.54, 1.807) is 20.2 Å². The SMILES string of the molecule is COc1cccc(C=Cc2ncc([N+](=O)[O-])n2C)c1. The summed E-state index contributed by atoms with van der Waals surface area (Å²) in [6, 6.07) is 7.51. The van der Waals surface area contributed by atoms with Crippen molar-refractivity contribution in [2.45, 2.75) is 0 Å². The fourth-order valence-electron chi connectivity index (χ4n) is 1.65. The van der Waals surface area contributed by atoms with Crippen LogP contribution in [-0.4, -0.2) is 21.6 Å². The molecule has 0 atom stereocenters. The molecule has 0 spiro atoms. The van der Waals surface area contributed by atoms with E-state index in [9.17, 15) is 10.1 Å². The number of nitrogens with zero attached hydrogens (tertiary/aromatic N) is 3. The van der Waals surface area contributed by atoms with Gasteiger partial charge in [-0.2, -0.15) is 0 Å². The summed E-state index contributed by atoms with van der Waals surface area (Å²) in [6.45, 7) is 0. The maximum Gasteiger partial charge on any atom is 0.342 e. The highest BCUT2D eigenvalue weighted by molar-refractivity contribution is 5.68. The van der Waals surface area contributed by atoms with Crippen molar-refractivity contribution in [2.75, 3.05) is 7.11 Å². The van der Waals surface area contributed by atoms with Crippen LogP contribution in [0.3, 0.4) is 0 Å². The van der Waals surface area contributed by atoms with Gasteiger partial charge in [0.15, 0.2) is 0 Å². The van der Waals surface area contributed by atoms with Crippen molar-refractivity contribution in [3.05, 3.63) is 52.0 Å². The van der Waals surface area contributed by atoms with Crippen LogP contribution in [0.1, 0.15) is 11.4 Å². The average molecular weight is 259 g/mol. The first kappa shape index (κ1) is 12.8. The zero-order chi connectivity index (χ0) is 13.8. The average Bonchev–Trinajstić information content (AvgIpc) is 2.78. The summed E-state index contributed by atoms with van der Waals surface area (Å²) in [6.07, 6.45) is 4.79. The maximum absolute atomic E-state index is 10.7. The van der Waals surface area contributed by atoms with Crippen LogP contribution < -0.4 is 4.74 Å². The number of hydrogen-bond acceptors (Lipinski definition) is 4. The normalized spacial score (nSPS) is 10.8. The molecule has 0 fully saturated rings. The lowest BCUT2D eigenvalue weighted by molar-refractivity contribution is -0.391. The second-order valence-electron chi connectivity index (χ2n) is 3.90. The predicted octanol–water partition coefficient (Wildman–Crippen LogP) is 2.51. The van der Waals surface area contributed by atoms with E-state index in [1.807, 2.05) is 30.3 Å². The Labute approximate surface area is 110 Å². The summed E-state index contributed by atoms with van der Waals surface area (Å²) in [4.78, 5) is 14.2. The van der Waals surface area contributed by atoms with Gasteiger partial charge in [-0.15, -0.1) is 0 Å². The quantitative estimate of drug-likeness (QED) is 0.624. The lowest BCUT2D eigenvalue weighted by Gasteiger charge is -1.99. The number of imidazole rings is 1. The number of aromatic nitrogens is 2. The van der Waals surface area contributed by atoms with Crippen molar-refractivity contribution in [2.24, 2.45) is 7.05 Å². The first-order valence-corrected chi connectivity index (χ1v) is 5.60. The number of nitro groups is 1. The summed E-state index contributed by atoms with van der Waals surface area (Å²) in [5, 5.41) is 10.7. The van der Waals surface area contributed by atoms with Crippen LogP contribution in [-0.2, 0) is 7.05 Å². The van der Waals surface area contributed by atoms with Crippen molar-refractivity contribution < 1.29 is 9.66 Å². The van der Waals surface area contributed by atoms with E-state index in [2.05, 4.69) is 4.98 Å². The molecule has 2 aromatic rings. The smallest absolute Gasteiger partial charge is 0.342 e. The molecule has 2 rings (SSSR count). The van der Waals surface area contributed by atoms with Crippen molar-refractivity contribution in [3.63, 3.8) is 0 Å². The van der Waals surface area contributed by atoms with E-state index in [4.69, 9.17) is 4.74 Å². The van der Waals surface area contributed by atoms with Gasteiger partial charge in [-0.3, -0.25) is 0 Å². The Kier molecular flexibility index (Phi) is 3.61. The minimum atomic E-state index is -0.462. The third kappa shape index (κ3) is 2.79. The summed E-state index contributed by atoms with van der Waals surface area (Å²) >= 11 is 0. The second kappa shape index (κ2) is 5.34. The molecular weight excluding hydrogens is 246 g/mol. The Bertz CT molecular complexity index is 632. The summed E-state index contributed by atoms with van der Waals surface area (Å²) in [5.41, 5.74) is 0.935. The molecule has 1 heterocycles. The zero-order valence-corrected chi connectivity index (χ0v) is 10.6. The molecule has 0 radical (unpaired) electrons. The van der Waals surface area contributed by atoms with Crippen LogP contribution in [0.2, 0.25) is 0 Å². The Morgan fingerprint density at radius 3 is 2.84 bits per heavy atom. The van der Waals surface area contributed by atoms with Crippen LogP contribution in [0.4, 0.5) is 5.82 Å². The molecule has 1 aromatic heterocycles. The first-order valence-electron chi connectivity index (χ1n) is 5.60. The zero-order valence-electron chi connectivity index (χ0n) is 10.6. The molecule has 0 amide bonds. The van der Waals surface area contributed by atoms with Gasteiger partial charge in [0.1, 0.15) is 11.9 Å². The van der Waals surface area contributed by atoms with Crippen LogP contribution in [0, 0.1) is 10.1 Å². The van der Waals surface area contributed by atoms with Crippen LogP contribution in [0.25, 0.3) is 12.2 Å². The first-order chi connectivity index (χ1) is 9.11.